The summed E-state index contributed by atoms with van der Waals surface area (Å²) in [4.78, 5) is 13.0. The second-order valence-corrected chi connectivity index (χ2v) is 6.76. The lowest BCUT2D eigenvalue weighted by Crippen LogP contribution is -2.31. The maximum Gasteiger partial charge on any atom is 0.310 e. The number of hydrogen-bond donors (Lipinski definition) is 0. The van der Waals surface area contributed by atoms with Gasteiger partial charge in [0.1, 0.15) is 17.6 Å². The number of hydrogen-bond acceptors (Lipinski definition) is 5. The molecule has 1 amide bonds. The van der Waals surface area contributed by atoms with Gasteiger partial charge in [-0.1, -0.05) is 0 Å². The summed E-state index contributed by atoms with van der Waals surface area (Å²) >= 11 is 0. The highest BCUT2D eigenvalue weighted by atomic mass is 16.3. The fourth-order valence-electron chi connectivity index (χ4n) is 3.96. The van der Waals surface area contributed by atoms with Crippen LogP contribution in [0.5, 0.6) is 0 Å². The first-order valence-corrected chi connectivity index (χ1v) is 9.04. The van der Waals surface area contributed by atoms with Crippen LogP contribution in [0.15, 0.2) is 79.1 Å². The lowest BCUT2D eigenvalue weighted by atomic mass is 9.79. The number of nitrogens with zero attached hydrogens (tertiary/aromatic N) is 2. The molecular weight excluding hydrogens is 344 g/mol. The Bertz CT molecular complexity index is 981. The van der Waals surface area contributed by atoms with Gasteiger partial charge in [0.25, 0.3) is 0 Å². The summed E-state index contributed by atoms with van der Waals surface area (Å²) in [6, 6.07) is 10.6. The van der Waals surface area contributed by atoms with Crippen LogP contribution in [-0.2, 0) is 0 Å². The average Bonchev–Trinajstić information content (AvgIpc) is 3.48. The van der Waals surface area contributed by atoms with E-state index in [1.165, 1.54) is 11.3 Å². The molecule has 6 nitrogen and oxygen atoms in total. The average molecular weight is 362 g/mol. The van der Waals surface area contributed by atoms with Gasteiger partial charge in [0.15, 0.2) is 5.76 Å². The van der Waals surface area contributed by atoms with Gasteiger partial charge in [-0.2, -0.15) is 5.10 Å². The van der Waals surface area contributed by atoms with Crippen molar-refractivity contribution in [3.8, 4) is 0 Å². The van der Waals surface area contributed by atoms with E-state index >= 15 is 0 Å². The second-order valence-electron chi connectivity index (χ2n) is 6.76. The van der Waals surface area contributed by atoms with Crippen LogP contribution in [0, 0.1) is 5.92 Å². The van der Waals surface area contributed by atoms with Crippen molar-refractivity contribution in [1.29, 1.82) is 0 Å². The minimum absolute atomic E-state index is 0.0880. The molecule has 27 heavy (non-hydrogen) atoms. The molecule has 2 unspecified atom stereocenters. The summed E-state index contributed by atoms with van der Waals surface area (Å²) in [6.45, 7) is 0. The molecule has 0 spiro atoms. The van der Waals surface area contributed by atoms with Gasteiger partial charge in [-0.05, 0) is 67.3 Å². The van der Waals surface area contributed by atoms with Crippen molar-refractivity contribution >= 4 is 17.7 Å². The SMILES string of the molecule is O=C(c1ccco1)N1N=C2C(=Cc3ccco3)CCCC2C1c1ccco1. The molecule has 3 aromatic rings. The number of rotatable bonds is 3. The molecule has 1 fully saturated rings. The van der Waals surface area contributed by atoms with Crippen molar-refractivity contribution in [2.75, 3.05) is 0 Å². The predicted molar refractivity (Wildman–Crippen MR) is 97.8 cm³/mol. The zero-order chi connectivity index (χ0) is 18.2. The molecule has 0 saturated heterocycles. The molecule has 1 aliphatic heterocycles. The Morgan fingerprint density at radius 2 is 1.89 bits per heavy atom. The van der Waals surface area contributed by atoms with E-state index in [0.717, 1.165) is 42.1 Å². The molecule has 3 aromatic heterocycles. The van der Waals surface area contributed by atoms with Gasteiger partial charge in [-0.25, -0.2) is 5.01 Å². The van der Waals surface area contributed by atoms with Crippen molar-refractivity contribution in [1.82, 2.24) is 5.01 Å². The number of carbonyl (C=O) groups is 1. The quantitative estimate of drug-likeness (QED) is 0.664. The summed E-state index contributed by atoms with van der Waals surface area (Å²) in [6.07, 6.45) is 9.67. The molecule has 1 aliphatic carbocycles. The molecule has 2 atom stereocenters. The van der Waals surface area contributed by atoms with Crippen molar-refractivity contribution < 1.29 is 18.0 Å². The van der Waals surface area contributed by atoms with Gasteiger partial charge in [-0.3, -0.25) is 4.79 Å². The minimum atomic E-state index is -0.270. The first-order valence-electron chi connectivity index (χ1n) is 9.04. The third kappa shape index (κ3) is 2.73. The number of amides is 1. The Balaban J connectivity index is 1.57. The van der Waals surface area contributed by atoms with Crippen LogP contribution >= 0.6 is 0 Å². The minimum Gasteiger partial charge on any atom is -0.467 e. The van der Waals surface area contributed by atoms with Crippen molar-refractivity contribution in [3.63, 3.8) is 0 Å². The van der Waals surface area contributed by atoms with Gasteiger partial charge in [0.05, 0.1) is 24.5 Å². The van der Waals surface area contributed by atoms with E-state index in [1.807, 2.05) is 30.3 Å². The summed E-state index contributed by atoms with van der Waals surface area (Å²) < 4.78 is 16.5. The maximum absolute atomic E-state index is 13.0. The Morgan fingerprint density at radius 3 is 2.63 bits per heavy atom. The van der Waals surface area contributed by atoms with E-state index in [-0.39, 0.29) is 23.6 Å². The van der Waals surface area contributed by atoms with Gasteiger partial charge >= 0.3 is 5.91 Å². The van der Waals surface area contributed by atoms with Crippen LogP contribution in [0.2, 0.25) is 0 Å². The molecule has 0 N–H and O–H groups in total. The lowest BCUT2D eigenvalue weighted by Gasteiger charge is -2.27. The van der Waals surface area contributed by atoms with E-state index in [9.17, 15) is 4.79 Å². The fraction of sp³-hybridized carbons (Fsp3) is 0.238. The van der Waals surface area contributed by atoms with Crippen molar-refractivity contribution in [2.24, 2.45) is 11.0 Å². The van der Waals surface area contributed by atoms with E-state index in [1.54, 1.807) is 24.7 Å². The first-order chi connectivity index (χ1) is 13.3. The van der Waals surface area contributed by atoms with Crippen LogP contribution in [0.1, 0.15) is 47.4 Å². The van der Waals surface area contributed by atoms with Gasteiger partial charge in [0, 0.05) is 5.92 Å². The zero-order valence-electron chi connectivity index (χ0n) is 14.6. The highest BCUT2D eigenvalue weighted by Gasteiger charge is 2.45. The largest absolute Gasteiger partial charge is 0.467 e. The molecule has 6 heteroatoms. The highest BCUT2D eigenvalue weighted by molar-refractivity contribution is 6.08. The number of fused-ring (bicyclic) bond motifs is 1. The van der Waals surface area contributed by atoms with Crippen LogP contribution in [0.25, 0.3) is 6.08 Å². The molecule has 0 aromatic carbocycles. The highest BCUT2D eigenvalue weighted by Crippen LogP contribution is 2.45. The van der Waals surface area contributed by atoms with Crippen molar-refractivity contribution in [3.05, 3.63) is 78.0 Å². The molecule has 5 rings (SSSR count). The van der Waals surface area contributed by atoms with E-state index in [2.05, 4.69) is 0 Å². The fourth-order valence-corrected chi connectivity index (χ4v) is 3.96. The van der Waals surface area contributed by atoms with Gasteiger partial charge < -0.3 is 13.3 Å². The third-order valence-corrected chi connectivity index (χ3v) is 5.14. The summed E-state index contributed by atoms with van der Waals surface area (Å²) in [7, 11) is 0. The molecule has 1 saturated carbocycles. The van der Waals surface area contributed by atoms with Gasteiger partial charge in [0.2, 0.25) is 0 Å². The molecule has 0 bridgehead atoms. The monoisotopic (exact) mass is 362 g/mol. The van der Waals surface area contributed by atoms with E-state index in [4.69, 9.17) is 18.4 Å². The topological polar surface area (TPSA) is 72.1 Å². The lowest BCUT2D eigenvalue weighted by molar-refractivity contribution is 0.0624. The maximum atomic E-state index is 13.0. The second kappa shape index (κ2) is 6.46. The first kappa shape index (κ1) is 15.9. The summed E-state index contributed by atoms with van der Waals surface area (Å²) in [5.74, 6) is 1.62. The Kier molecular flexibility index (Phi) is 3.81. The van der Waals surface area contributed by atoms with Gasteiger partial charge in [-0.15, -0.1) is 0 Å². The smallest absolute Gasteiger partial charge is 0.310 e. The van der Waals surface area contributed by atoms with E-state index in [0.29, 0.717) is 0 Å². The summed E-state index contributed by atoms with van der Waals surface area (Å²) in [5, 5.41) is 6.25. The zero-order valence-corrected chi connectivity index (χ0v) is 14.6. The number of furan rings is 3. The van der Waals surface area contributed by atoms with Crippen LogP contribution < -0.4 is 0 Å². The number of hydrazone groups is 1. The summed E-state index contributed by atoms with van der Waals surface area (Å²) in [5.41, 5.74) is 2.03. The number of carbonyl (C=O) groups excluding carboxylic acids is 1. The van der Waals surface area contributed by atoms with Crippen LogP contribution in [0.4, 0.5) is 0 Å². The van der Waals surface area contributed by atoms with E-state index < -0.39 is 0 Å². The van der Waals surface area contributed by atoms with Crippen LogP contribution in [0.3, 0.4) is 0 Å². The molecule has 136 valence electrons. The molecule has 2 aliphatic rings. The predicted octanol–water partition coefficient (Wildman–Crippen LogP) is 4.90. The molecule has 0 radical (unpaired) electrons. The molecule has 4 heterocycles. The number of allylic oxidation sites excluding steroid dienone is 1. The Labute approximate surface area is 155 Å². The van der Waals surface area contributed by atoms with Crippen molar-refractivity contribution in [2.45, 2.75) is 25.3 Å². The molecular formula is C21H18N2O4. The Hall–Kier alpha value is -3.28. The van der Waals surface area contributed by atoms with Crippen LogP contribution in [-0.4, -0.2) is 16.6 Å². The normalized spacial score (nSPS) is 23.5. The standard InChI is InChI=1S/C21H18N2O4/c24-21(18-9-4-12-27-18)23-20(17-8-3-11-26-17)16-7-1-5-14(19(16)22-23)13-15-6-2-10-25-15/h2-4,6,8-13,16,20H,1,5,7H2. The Morgan fingerprint density at radius 1 is 1.07 bits per heavy atom. The third-order valence-electron chi connectivity index (χ3n) is 5.14.